The van der Waals surface area contributed by atoms with Crippen LogP contribution in [0.3, 0.4) is 0 Å². The van der Waals surface area contributed by atoms with Gasteiger partial charge in [0.15, 0.2) is 21.3 Å². The Bertz CT molecular complexity index is 1230. The predicted molar refractivity (Wildman–Crippen MR) is 125 cm³/mol. The lowest BCUT2D eigenvalue weighted by Crippen LogP contribution is -2.28. The molecule has 0 aliphatic carbocycles. The first kappa shape index (κ1) is 23.6. The van der Waals surface area contributed by atoms with E-state index in [9.17, 15) is 18.3 Å². The molecule has 0 amide bonds. The van der Waals surface area contributed by atoms with Crippen molar-refractivity contribution in [3.63, 3.8) is 0 Å². The largest absolute Gasteiger partial charge is 0.493 e. The SMILES string of the molecule is CCS(=O)(=O)C[C@@H](O)COc1ccc(-n2ccc(-c3ccc(C)cc3)cc2=O)cc1OC. The molecule has 8 heteroatoms. The van der Waals surface area contributed by atoms with E-state index in [0.29, 0.717) is 17.2 Å². The van der Waals surface area contributed by atoms with Crippen LogP contribution in [0.5, 0.6) is 11.5 Å². The van der Waals surface area contributed by atoms with Crippen molar-refractivity contribution in [2.24, 2.45) is 0 Å². The second-order valence-electron chi connectivity index (χ2n) is 7.49. The number of sulfone groups is 1. The van der Waals surface area contributed by atoms with Crippen LogP contribution >= 0.6 is 0 Å². The van der Waals surface area contributed by atoms with E-state index < -0.39 is 15.9 Å². The molecule has 0 fully saturated rings. The van der Waals surface area contributed by atoms with Gasteiger partial charge >= 0.3 is 0 Å². The third-order valence-electron chi connectivity index (χ3n) is 5.05. The number of aryl methyl sites for hydroxylation is 1. The van der Waals surface area contributed by atoms with Crippen molar-refractivity contribution < 1.29 is 23.0 Å². The van der Waals surface area contributed by atoms with Gasteiger partial charge in [0, 0.05) is 24.1 Å². The van der Waals surface area contributed by atoms with Crippen LogP contribution < -0.4 is 15.0 Å². The average Bonchev–Trinajstić information content (AvgIpc) is 2.78. The van der Waals surface area contributed by atoms with E-state index in [1.807, 2.05) is 37.3 Å². The molecule has 1 aromatic heterocycles. The molecule has 1 heterocycles. The highest BCUT2D eigenvalue weighted by atomic mass is 32.2. The van der Waals surface area contributed by atoms with Gasteiger partial charge in [0.2, 0.25) is 0 Å². The molecule has 0 aliphatic rings. The van der Waals surface area contributed by atoms with Crippen LogP contribution in [0.4, 0.5) is 0 Å². The Morgan fingerprint density at radius 2 is 1.72 bits per heavy atom. The maximum atomic E-state index is 12.7. The standard InChI is InChI=1S/C24H27NO6S/c1-4-32(28,29)16-21(26)15-31-22-10-9-20(14-23(22)30-3)25-12-11-19(13-24(25)27)18-7-5-17(2)6-8-18/h5-14,21,26H,4,15-16H2,1-3H3/t21-/m0/s1. The van der Waals surface area contributed by atoms with Gasteiger partial charge in [-0.25, -0.2) is 8.42 Å². The normalized spacial score (nSPS) is 12.4. The Kier molecular flexibility index (Phi) is 7.37. The van der Waals surface area contributed by atoms with Gasteiger partial charge in [0.1, 0.15) is 12.7 Å². The third-order valence-corrected chi connectivity index (χ3v) is 6.82. The van der Waals surface area contributed by atoms with Crippen LogP contribution in [0.25, 0.3) is 16.8 Å². The number of aliphatic hydroxyl groups excluding tert-OH is 1. The summed E-state index contributed by atoms with van der Waals surface area (Å²) in [6.45, 7) is 3.34. The Morgan fingerprint density at radius 3 is 2.34 bits per heavy atom. The van der Waals surface area contributed by atoms with Crippen LogP contribution in [0.1, 0.15) is 12.5 Å². The van der Waals surface area contributed by atoms with E-state index in [1.54, 1.807) is 30.5 Å². The van der Waals surface area contributed by atoms with Crippen LogP contribution in [0.15, 0.2) is 65.6 Å². The molecule has 1 atom stereocenters. The monoisotopic (exact) mass is 457 g/mol. The van der Waals surface area contributed by atoms with E-state index in [2.05, 4.69) is 0 Å². The van der Waals surface area contributed by atoms with Gasteiger partial charge in [-0.2, -0.15) is 0 Å². The number of nitrogens with zero attached hydrogens (tertiary/aromatic N) is 1. The van der Waals surface area contributed by atoms with Gasteiger partial charge in [0.25, 0.3) is 5.56 Å². The number of pyridine rings is 1. The number of ether oxygens (including phenoxy) is 2. The summed E-state index contributed by atoms with van der Waals surface area (Å²) in [6.07, 6.45) is 0.549. The van der Waals surface area contributed by atoms with E-state index in [4.69, 9.17) is 9.47 Å². The van der Waals surface area contributed by atoms with Crippen molar-refractivity contribution >= 4 is 9.84 Å². The summed E-state index contributed by atoms with van der Waals surface area (Å²) in [5.41, 5.74) is 3.33. The summed E-state index contributed by atoms with van der Waals surface area (Å²) in [5, 5.41) is 9.95. The molecular weight excluding hydrogens is 430 g/mol. The number of aromatic nitrogens is 1. The quantitative estimate of drug-likeness (QED) is 0.531. The molecule has 0 aliphatic heterocycles. The fraction of sp³-hybridized carbons (Fsp3) is 0.292. The zero-order valence-corrected chi connectivity index (χ0v) is 19.1. The number of methoxy groups -OCH3 is 1. The van der Waals surface area contributed by atoms with Gasteiger partial charge in [0.05, 0.1) is 18.6 Å². The zero-order valence-electron chi connectivity index (χ0n) is 18.3. The molecule has 7 nitrogen and oxygen atoms in total. The minimum Gasteiger partial charge on any atom is -0.493 e. The maximum absolute atomic E-state index is 12.7. The minimum absolute atomic E-state index is 0.0421. The molecule has 2 aromatic carbocycles. The van der Waals surface area contributed by atoms with Crippen molar-refractivity contribution in [1.29, 1.82) is 0 Å². The molecule has 1 N–H and O–H groups in total. The Hall–Kier alpha value is -3.10. The summed E-state index contributed by atoms with van der Waals surface area (Å²) in [6, 6.07) is 16.4. The third kappa shape index (κ3) is 5.77. The summed E-state index contributed by atoms with van der Waals surface area (Å²) in [5.74, 6) is 0.294. The maximum Gasteiger partial charge on any atom is 0.255 e. The lowest BCUT2D eigenvalue weighted by molar-refractivity contribution is 0.123. The minimum atomic E-state index is -3.31. The van der Waals surface area contributed by atoms with E-state index in [0.717, 1.165) is 16.7 Å². The van der Waals surface area contributed by atoms with Crippen LogP contribution in [0.2, 0.25) is 0 Å². The second kappa shape index (κ2) is 10.0. The summed E-state index contributed by atoms with van der Waals surface area (Å²) in [7, 11) is -1.85. The molecule has 170 valence electrons. The summed E-state index contributed by atoms with van der Waals surface area (Å²) >= 11 is 0. The average molecular weight is 458 g/mol. The van der Waals surface area contributed by atoms with E-state index in [1.165, 1.54) is 18.6 Å². The smallest absolute Gasteiger partial charge is 0.255 e. The first-order chi connectivity index (χ1) is 15.2. The van der Waals surface area contributed by atoms with Crippen LogP contribution in [-0.4, -0.2) is 49.4 Å². The number of benzene rings is 2. The summed E-state index contributed by atoms with van der Waals surface area (Å²) in [4.78, 5) is 12.7. The topological polar surface area (TPSA) is 94.8 Å². The molecule has 0 unspecified atom stereocenters. The van der Waals surface area contributed by atoms with Crippen LogP contribution in [0, 0.1) is 6.92 Å². The first-order valence-electron chi connectivity index (χ1n) is 10.2. The highest BCUT2D eigenvalue weighted by Gasteiger charge is 2.17. The highest BCUT2D eigenvalue weighted by molar-refractivity contribution is 7.91. The predicted octanol–water partition coefficient (Wildman–Crippen LogP) is 3.00. The molecule has 0 radical (unpaired) electrons. The van der Waals surface area contributed by atoms with Crippen molar-refractivity contribution in [3.8, 4) is 28.3 Å². The van der Waals surface area contributed by atoms with Gasteiger partial charge < -0.3 is 14.6 Å². The van der Waals surface area contributed by atoms with Crippen LogP contribution in [-0.2, 0) is 9.84 Å². The zero-order chi connectivity index (χ0) is 23.3. The highest BCUT2D eigenvalue weighted by Crippen LogP contribution is 2.29. The molecule has 3 rings (SSSR count). The molecular formula is C24H27NO6S. The van der Waals surface area contributed by atoms with Crippen molar-refractivity contribution in [2.75, 3.05) is 25.2 Å². The van der Waals surface area contributed by atoms with Gasteiger partial charge in [-0.15, -0.1) is 0 Å². The molecule has 32 heavy (non-hydrogen) atoms. The lowest BCUT2D eigenvalue weighted by atomic mass is 10.1. The molecule has 3 aromatic rings. The Morgan fingerprint density at radius 1 is 1.00 bits per heavy atom. The Labute approximate surface area is 187 Å². The van der Waals surface area contributed by atoms with E-state index >= 15 is 0 Å². The number of hydrogen-bond acceptors (Lipinski definition) is 6. The number of aliphatic hydroxyl groups is 1. The molecule has 0 saturated heterocycles. The van der Waals surface area contributed by atoms with Gasteiger partial charge in [-0.05, 0) is 36.2 Å². The van der Waals surface area contributed by atoms with Crippen molar-refractivity contribution in [3.05, 3.63) is 76.7 Å². The van der Waals surface area contributed by atoms with Crippen molar-refractivity contribution in [1.82, 2.24) is 4.57 Å². The first-order valence-corrected chi connectivity index (χ1v) is 12.0. The van der Waals surface area contributed by atoms with Gasteiger partial charge in [-0.3, -0.25) is 9.36 Å². The molecule has 0 saturated carbocycles. The lowest BCUT2D eigenvalue weighted by Gasteiger charge is -2.16. The number of hydrogen-bond donors (Lipinski definition) is 1. The summed E-state index contributed by atoms with van der Waals surface area (Å²) < 4.78 is 35.7. The van der Waals surface area contributed by atoms with Crippen molar-refractivity contribution in [2.45, 2.75) is 20.0 Å². The fourth-order valence-electron chi connectivity index (χ4n) is 3.19. The van der Waals surface area contributed by atoms with E-state index in [-0.39, 0.29) is 23.7 Å². The molecule has 0 spiro atoms. The molecule has 0 bridgehead atoms. The Balaban J connectivity index is 1.79. The van der Waals surface area contributed by atoms with Gasteiger partial charge in [-0.1, -0.05) is 36.8 Å². The fourth-order valence-corrected chi connectivity index (χ4v) is 4.11. The number of rotatable bonds is 9. The second-order valence-corrected chi connectivity index (χ2v) is 9.89.